The Morgan fingerprint density at radius 2 is 1.87 bits per heavy atom. The van der Waals surface area contributed by atoms with E-state index in [1.807, 2.05) is 0 Å². The molecule has 17 nitrogen and oxygen atoms in total. The van der Waals surface area contributed by atoms with Gasteiger partial charge in [0.2, 0.25) is 0 Å². The number of halogens is 1. The summed E-state index contributed by atoms with van der Waals surface area (Å²) in [6.07, 6.45) is 4.95. The van der Waals surface area contributed by atoms with Crippen molar-refractivity contribution in [2.45, 2.75) is 19.2 Å². The van der Waals surface area contributed by atoms with Gasteiger partial charge in [-0.3, -0.25) is 14.8 Å². The number of ketones is 1. The summed E-state index contributed by atoms with van der Waals surface area (Å²) in [6, 6.07) is 7.30. The molecule has 2 N–H and O–H groups in total. The Labute approximate surface area is 261 Å². The second-order valence-electron chi connectivity index (χ2n) is 9.25. The maximum Gasteiger partial charge on any atom is 0.188 e. The number of ether oxygens (including phenoxy) is 3. The molecular weight excluding hydrogens is 608 g/mol. The molecule has 45 heavy (non-hydrogen) atoms. The molecule has 1 aromatic carbocycles. The van der Waals surface area contributed by atoms with Crippen molar-refractivity contribution in [3.63, 3.8) is 0 Å². The van der Waals surface area contributed by atoms with E-state index in [0.29, 0.717) is 67.0 Å². The van der Waals surface area contributed by atoms with Gasteiger partial charge in [-0.15, -0.1) is 5.10 Å². The largest absolute Gasteiger partial charge is 0.388 e. The molecule has 0 aliphatic carbocycles. The molecule has 0 saturated heterocycles. The van der Waals surface area contributed by atoms with E-state index in [1.54, 1.807) is 47.5 Å². The number of amidine groups is 1. The number of aromatic nitrogens is 4. The molecule has 0 fully saturated rings. The molecule has 1 aliphatic heterocycles. The average molecular weight is 637 g/mol. The summed E-state index contributed by atoms with van der Waals surface area (Å²) < 4.78 is 18.4. The van der Waals surface area contributed by atoms with E-state index < -0.39 is 18.4 Å². The van der Waals surface area contributed by atoms with E-state index in [9.17, 15) is 9.90 Å². The molecule has 0 spiro atoms. The molecule has 0 saturated carbocycles. The van der Waals surface area contributed by atoms with Crippen LogP contribution in [0, 0.1) is 0 Å². The fourth-order valence-electron chi connectivity index (χ4n) is 4.26. The zero-order valence-electron chi connectivity index (χ0n) is 23.9. The lowest BCUT2D eigenvalue weighted by Crippen LogP contribution is -2.36. The first-order valence-electron chi connectivity index (χ1n) is 13.6. The quantitative estimate of drug-likeness (QED) is 0.0894. The molecule has 2 aromatic heterocycles. The number of carbonyl (C=O) groups excluding carboxylic acids is 1. The number of Topliss-reactive ketones (excluding diaryl/α,β-unsaturated/α-hetero) is 1. The minimum absolute atomic E-state index is 0.0498. The smallest absolute Gasteiger partial charge is 0.188 e. The topological polar surface area (TPSA) is 230 Å². The van der Waals surface area contributed by atoms with Crippen LogP contribution in [0.3, 0.4) is 0 Å². The van der Waals surface area contributed by atoms with Crippen LogP contribution in [0.5, 0.6) is 0 Å². The van der Waals surface area contributed by atoms with Crippen molar-refractivity contribution in [3.8, 4) is 0 Å². The first-order valence-corrected chi connectivity index (χ1v) is 14.0. The summed E-state index contributed by atoms with van der Waals surface area (Å²) in [4.78, 5) is 27.4. The summed E-state index contributed by atoms with van der Waals surface area (Å²) in [7, 11) is 0. The third-order valence-corrected chi connectivity index (χ3v) is 6.61. The van der Waals surface area contributed by atoms with Crippen LogP contribution in [-0.2, 0) is 32.2 Å². The van der Waals surface area contributed by atoms with Gasteiger partial charge in [0, 0.05) is 50.6 Å². The van der Waals surface area contributed by atoms with Crippen molar-refractivity contribution in [3.05, 3.63) is 103 Å². The van der Waals surface area contributed by atoms with Crippen LogP contribution in [0.4, 0.5) is 5.69 Å². The van der Waals surface area contributed by atoms with Gasteiger partial charge < -0.3 is 24.6 Å². The minimum atomic E-state index is -0.891. The van der Waals surface area contributed by atoms with Gasteiger partial charge in [0.05, 0.1) is 58.1 Å². The molecule has 18 heteroatoms. The Morgan fingerprint density at radius 3 is 2.60 bits per heavy atom. The molecule has 234 valence electrons. The molecule has 3 heterocycles. The fourth-order valence-corrected chi connectivity index (χ4v) is 4.53. The maximum absolute atomic E-state index is 13.1. The highest BCUT2D eigenvalue weighted by atomic mass is 35.5. The number of nitrogens with zero attached hydrogens (tertiary/aromatic N) is 11. The van der Waals surface area contributed by atoms with Crippen LogP contribution in [0.25, 0.3) is 20.9 Å². The maximum atomic E-state index is 13.1. The van der Waals surface area contributed by atoms with Crippen molar-refractivity contribution >= 4 is 28.9 Å². The van der Waals surface area contributed by atoms with Crippen LogP contribution in [0.15, 0.2) is 75.4 Å². The number of carbonyl (C=O) groups is 1. The first kappa shape index (κ1) is 33.0. The van der Waals surface area contributed by atoms with Crippen molar-refractivity contribution < 1.29 is 24.1 Å². The Kier molecular flexibility index (Phi) is 12.8. The number of hydrogen-bond donors (Lipinski definition) is 2. The molecule has 0 amide bonds. The van der Waals surface area contributed by atoms with E-state index in [1.165, 1.54) is 6.07 Å². The summed E-state index contributed by atoms with van der Waals surface area (Å²) in [5.74, 6) is -0.122. The number of rotatable bonds is 18. The van der Waals surface area contributed by atoms with Crippen molar-refractivity contribution in [1.29, 1.82) is 0 Å². The van der Waals surface area contributed by atoms with Crippen LogP contribution in [-0.4, -0.2) is 82.9 Å². The van der Waals surface area contributed by atoms with E-state index >= 15 is 0 Å². The third kappa shape index (κ3) is 9.56. The standard InChI is InChI=1S/C27H29ClN12O5/c28-22-13-19(35-38-30)1-2-21(22)26-25(24(42)15-41)23(33-27(34-26)18-3-5-31-6-4-18)17-45-16-20-14-40(39-36-20)8-10-44-12-11-43-9-7-32-37-29/h1-6,13-14,26,41H,7-12,15-17H2,(H,33,34). The second-order valence-corrected chi connectivity index (χ2v) is 9.66. The summed E-state index contributed by atoms with van der Waals surface area (Å²) in [5, 5.41) is 28.4. The van der Waals surface area contributed by atoms with Gasteiger partial charge in [-0.2, -0.15) is 0 Å². The lowest BCUT2D eigenvalue weighted by atomic mass is 9.92. The van der Waals surface area contributed by atoms with Gasteiger partial charge >= 0.3 is 0 Å². The van der Waals surface area contributed by atoms with E-state index in [-0.39, 0.29) is 30.4 Å². The molecule has 4 rings (SSSR count). The van der Waals surface area contributed by atoms with E-state index in [4.69, 9.17) is 41.9 Å². The van der Waals surface area contributed by atoms with Crippen molar-refractivity contribution in [2.75, 3.05) is 46.2 Å². The highest BCUT2D eigenvalue weighted by Gasteiger charge is 2.32. The molecule has 0 bridgehead atoms. The zero-order valence-corrected chi connectivity index (χ0v) is 24.7. The number of aliphatic imine (C=N–C) groups is 1. The molecule has 1 aliphatic rings. The van der Waals surface area contributed by atoms with Gasteiger partial charge in [-0.05, 0) is 34.8 Å². The number of aliphatic hydroxyl groups excluding tert-OH is 1. The molecule has 0 radical (unpaired) electrons. The van der Waals surface area contributed by atoms with E-state index in [0.717, 1.165) is 0 Å². The Hall–Kier alpha value is -4.86. The molecule has 1 unspecified atom stereocenters. The highest BCUT2D eigenvalue weighted by Crippen LogP contribution is 2.37. The van der Waals surface area contributed by atoms with Crippen molar-refractivity contribution in [2.24, 2.45) is 15.2 Å². The number of pyridine rings is 1. The van der Waals surface area contributed by atoms with Crippen molar-refractivity contribution in [1.82, 2.24) is 25.3 Å². The van der Waals surface area contributed by atoms with Crippen LogP contribution in [0.1, 0.15) is 22.9 Å². The van der Waals surface area contributed by atoms with Crippen LogP contribution in [0.2, 0.25) is 5.02 Å². The van der Waals surface area contributed by atoms with E-state index in [2.05, 4.69) is 40.7 Å². The molecule has 3 aromatic rings. The van der Waals surface area contributed by atoms with Gasteiger partial charge in [0.25, 0.3) is 0 Å². The van der Waals surface area contributed by atoms with Crippen LogP contribution >= 0.6 is 11.6 Å². The molecular formula is C27H29ClN12O5. The Bertz CT molecular complexity index is 1620. The van der Waals surface area contributed by atoms with Crippen LogP contribution < -0.4 is 5.32 Å². The van der Waals surface area contributed by atoms with Gasteiger partial charge in [-0.1, -0.05) is 39.2 Å². The normalized spacial score (nSPS) is 14.3. The first-order chi connectivity index (χ1) is 22.0. The Balaban J connectivity index is 1.44. The number of hydrogen-bond acceptors (Lipinski definition) is 12. The SMILES string of the molecule is [N-]=[N+]=NCCOCCOCCn1cc(COCC2=C(C(=O)CO)C(c3ccc(N=[N+]=[N-])cc3Cl)N=C(c3ccncc3)N2)nn1. The lowest BCUT2D eigenvalue weighted by molar-refractivity contribution is -0.118. The highest BCUT2D eigenvalue weighted by molar-refractivity contribution is 6.31. The third-order valence-electron chi connectivity index (χ3n) is 6.28. The number of aliphatic hydroxyl groups is 1. The summed E-state index contributed by atoms with van der Waals surface area (Å²) in [5.41, 5.74) is 19.6. The second kappa shape index (κ2) is 17.4. The summed E-state index contributed by atoms with van der Waals surface area (Å²) >= 11 is 6.57. The monoisotopic (exact) mass is 636 g/mol. The zero-order chi connectivity index (χ0) is 31.9. The predicted octanol–water partition coefficient (Wildman–Crippen LogP) is 3.74. The predicted molar refractivity (Wildman–Crippen MR) is 161 cm³/mol. The summed E-state index contributed by atoms with van der Waals surface area (Å²) in [6.45, 7) is 1.49. The minimum Gasteiger partial charge on any atom is -0.388 e. The average Bonchev–Trinajstić information content (AvgIpc) is 3.51. The van der Waals surface area contributed by atoms with Gasteiger partial charge in [-0.25, -0.2) is 4.68 Å². The lowest BCUT2D eigenvalue weighted by Gasteiger charge is -2.28. The Morgan fingerprint density at radius 1 is 1.07 bits per heavy atom. The fraction of sp³-hybridized carbons (Fsp3) is 0.370. The number of azide groups is 2. The van der Waals surface area contributed by atoms with Gasteiger partial charge in [0.1, 0.15) is 24.2 Å². The number of nitrogens with one attached hydrogen (secondary N) is 1. The number of benzene rings is 1. The molecule has 1 atom stereocenters. The van der Waals surface area contributed by atoms with Gasteiger partial charge in [0.15, 0.2) is 5.78 Å².